The molecule has 0 aliphatic rings. The van der Waals surface area contributed by atoms with Crippen LogP contribution < -0.4 is 10.1 Å². The summed E-state index contributed by atoms with van der Waals surface area (Å²) >= 11 is 0. The highest BCUT2D eigenvalue weighted by atomic mass is 16.5. The van der Waals surface area contributed by atoms with Crippen LogP contribution in [0.1, 0.15) is 12.0 Å². The van der Waals surface area contributed by atoms with E-state index in [9.17, 15) is 0 Å². The maximum absolute atomic E-state index is 5.58. The van der Waals surface area contributed by atoms with E-state index in [1.54, 1.807) is 19.3 Å². The number of nitrogens with one attached hydrogen (secondary N) is 1. The number of hydrogen-bond acceptors (Lipinski definition) is 4. The summed E-state index contributed by atoms with van der Waals surface area (Å²) in [6.45, 7) is 0.662. The van der Waals surface area contributed by atoms with Crippen LogP contribution in [0.5, 0.6) is 5.88 Å². The van der Waals surface area contributed by atoms with Crippen LogP contribution in [0.2, 0.25) is 0 Å². The van der Waals surface area contributed by atoms with Crippen LogP contribution in [0.3, 0.4) is 0 Å². The van der Waals surface area contributed by atoms with Crippen LogP contribution in [0.15, 0.2) is 42.6 Å². The van der Waals surface area contributed by atoms with Gasteiger partial charge in [0, 0.05) is 19.3 Å². The van der Waals surface area contributed by atoms with Gasteiger partial charge in [0.15, 0.2) is 0 Å². The van der Waals surface area contributed by atoms with Gasteiger partial charge in [0.25, 0.3) is 0 Å². The van der Waals surface area contributed by atoms with Gasteiger partial charge in [-0.15, -0.1) is 0 Å². The molecular weight excluding hydrogens is 226 g/mol. The molecule has 0 unspecified atom stereocenters. The average Bonchev–Trinajstić information content (AvgIpc) is 2.45. The number of rotatable bonds is 6. The molecule has 18 heavy (non-hydrogen) atoms. The Morgan fingerprint density at radius 3 is 2.78 bits per heavy atom. The van der Waals surface area contributed by atoms with E-state index in [-0.39, 0.29) is 0 Å². The van der Waals surface area contributed by atoms with Gasteiger partial charge < -0.3 is 10.1 Å². The highest BCUT2D eigenvalue weighted by Crippen LogP contribution is 2.09. The first-order valence-electron chi connectivity index (χ1n) is 6.06. The Bertz CT molecular complexity index is 473. The Morgan fingerprint density at radius 1 is 1.17 bits per heavy atom. The van der Waals surface area contributed by atoms with E-state index < -0.39 is 0 Å². The van der Waals surface area contributed by atoms with E-state index in [1.807, 2.05) is 6.07 Å². The molecule has 0 saturated heterocycles. The summed E-state index contributed by atoms with van der Waals surface area (Å²) < 4.78 is 5.58. The second kappa shape index (κ2) is 6.59. The molecule has 0 aliphatic carbocycles. The van der Waals surface area contributed by atoms with E-state index in [0.29, 0.717) is 18.4 Å². The number of nitrogens with zero attached hydrogens (tertiary/aromatic N) is 2. The van der Waals surface area contributed by atoms with Crippen molar-refractivity contribution in [1.29, 1.82) is 0 Å². The molecule has 1 aromatic carbocycles. The van der Waals surface area contributed by atoms with Crippen molar-refractivity contribution in [2.24, 2.45) is 0 Å². The van der Waals surface area contributed by atoms with Crippen molar-refractivity contribution in [2.45, 2.75) is 12.8 Å². The predicted molar refractivity (Wildman–Crippen MR) is 71.8 cm³/mol. The van der Waals surface area contributed by atoms with E-state index in [2.05, 4.69) is 39.6 Å². The van der Waals surface area contributed by atoms with Gasteiger partial charge in [-0.25, -0.2) is 4.98 Å². The molecule has 2 rings (SSSR count). The Balaban J connectivity index is 1.75. The van der Waals surface area contributed by atoms with Gasteiger partial charge in [-0.1, -0.05) is 30.3 Å². The first kappa shape index (κ1) is 12.4. The zero-order chi connectivity index (χ0) is 12.6. The summed E-state index contributed by atoms with van der Waals surface area (Å²) in [4.78, 5) is 8.22. The highest BCUT2D eigenvalue weighted by Gasteiger charge is 1.98. The number of aryl methyl sites for hydroxylation is 1. The zero-order valence-corrected chi connectivity index (χ0v) is 10.5. The van der Waals surface area contributed by atoms with Gasteiger partial charge in [-0.2, -0.15) is 4.98 Å². The molecule has 0 atom stereocenters. The largest absolute Gasteiger partial charge is 0.478 e. The molecule has 0 bridgehead atoms. The fourth-order valence-corrected chi connectivity index (χ4v) is 1.64. The van der Waals surface area contributed by atoms with Gasteiger partial charge in [-0.3, -0.25) is 0 Å². The molecule has 4 heteroatoms. The van der Waals surface area contributed by atoms with Crippen molar-refractivity contribution in [1.82, 2.24) is 9.97 Å². The van der Waals surface area contributed by atoms with Crippen LogP contribution >= 0.6 is 0 Å². The lowest BCUT2D eigenvalue weighted by molar-refractivity contribution is 0.299. The van der Waals surface area contributed by atoms with Crippen LogP contribution in [0.25, 0.3) is 0 Å². The fourth-order valence-electron chi connectivity index (χ4n) is 1.64. The SMILES string of the molecule is CNc1nccc(OCCCc2ccccc2)n1. The van der Waals surface area contributed by atoms with E-state index in [0.717, 1.165) is 12.8 Å². The van der Waals surface area contributed by atoms with Crippen molar-refractivity contribution in [3.63, 3.8) is 0 Å². The standard InChI is InChI=1S/C14H17N3O/c1-15-14-16-10-9-13(17-14)18-11-5-8-12-6-3-2-4-7-12/h2-4,6-7,9-10H,5,8,11H2,1H3,(H,15,16,17). The van der Waals surface area contributed by atoms with Crippen molar-refractivity contribution >= 4 is 5.95 Å². The Kier molecular flexibility index (Phi) is 4.53. The smallest absolute Gasteiger partial charge is 0.225 e. The van der Waals surface area contributed by atoms with Crippen LogP contribution in [0.4, 0.5) is 5.95 Å². The normalized spacial score (nSPS) is 10.1. The number of hydrogen-bond donors (Lipinski definition) is 1. The maximum Gasteiger partial charge on any atom is 0.225 e. The minimum Gasteiger partial charge on any atom is -0.478 e. The Hall–Kier alpha value is -2.10. The third-order valence-electron chi connectivity index (χ3n) is 2.56. The first-order chi connectivity index (χ1) is 8.88. The molecule has 0 fully saturated rings. The van der Waals surface area contributed by atoms with Gasteiger partial charge in [-0.05, 0) is 18.4 Å². The zero-order valence-electron chi connectivity index (χ0n) is 10.5. The second-order valence-corrected chi connectivity index (χ2v) is 3.91. The first-order valence-corrected chi connectivity index (χ1v) is 6.06. The lowest BCUT2D eigenvalue weighted by atomic mass is 10.1. The second-order valence-electron chi connectivity index (χ2n) is 3.91. The maximum atomic E-state index is 5.58. The number of anilines is 1. The molecule has 1 N–H and O–H groups in total. The van der Waals surface area contributed by atoms with Crippen molar-refractivity contribution < 1.29 is 4.74 Å². The van der Waals surface area contributed by atoms with Crippen LogP contribution in [-0.4, -0.2) is 23.6 Å². The molecule has 0 aliphatic heterocycles. The van der Waals surface area contributed by atoms with Crippen molar-refractivity contribution in [3.8, 4) is 5.88 Å². The monoisotopic (exact) mass is 243 g/mol. The molecule has 1 heterocycles. The van der Waals surface area contributed by atoms with Gasteiger partial charge in [0.2, 0.25) is 11.8 Å². The fraction of sp³-hybridized carbons (Fsp3) is 0.286. The summed E-state index contributed by atoms with van der Waals surface area (Å²) in [7, 11) is 1.79. The molecule has 4 nitrogen and oxygen atoms in total. The lowest BCUT2D eigenvalue weighted by Crippen LogP contribution is -2.03. The Labute approximate surface area is 107 Å². The predicted octanol–water partition coefficient (Wildman–Crippen LogP) is 2.53. The van der Waals surface area contributed by atoms with E-state index in [4.69, 9.17) is 4.74 Å². The third kappa shape index (κ3) is 3.73. The minimum atomic E-state index is 0.579. The highest BCUT2D eigenvalue weighted by molar-refractivity contribution is 5.26. The lowest BCUT2D eigenvalue weighted by Gasteiger charge is -2.06. The summed E-state index contributed by atoms with van der Waals surface area (Å²) in [6, 6.07) is 12.2. The average molecular weight is 243 g/mol. The molecule has 0 radical (unpaired) electrons. The topological polar surface area (TPSA) is 47.0 Å². The molecule has 2 aromatic rings. The number of benzene rings is 1. The van der Waals surface area contributed by atoms with Crippen LogP contribution in [0, 0.1) is 0 Å². The van der Waals surface area contributed by atoms with Gasteiger partial charge in [0.05, 0.1) is 6.61 Å². The molecule has 1 aromatic heterocycles. The minimum absolute atomic E-state index is 0.579. The summed E-state index contributed by atoms with van der Waals surface area (Å²) in [5, 5.41) is 2.88. The van der Waals surface area contributed by atoms with Crippen LogP contribution in [-0.2, 0) is 6.42 Å². The molecule has 94 valence electrons. The molecule has 0 saturated carbocycles. The molecule has 0 amide bonds. The molecule has 0 spiro atoms. The van der Waals surface area contributed by atoms with E-state index >= 15 is 0 Å². The van der Waals surface area contributed by atoms with Crippen molar-refractivity contribution in [3.05, 3.63) is 48.2 Å². The summed E-state index contributed by atoms with van der Waals surface area (Å²) in [5.74, 6) is 1.19. The summed E-state index contributed by atoms with van der Waals surface area (Å²) in [5.41, 5.74) is 1.33. The van der Waals surface area contributed by atoms with Crippen molar-refractivity contribution in [2.75, 3.05) is 19.0 Å². The van der Waals surface area contributed by atoms with Gasteiger partial charge >= 0.3 is 0 Å². The third-order valence-corrected chi connectivity index (χ3v) is 2.56. The Morgan fingerprint density at radius 2 is 2.00 bits per heavy atom. The summed E-state index contributed by atoms with van der Waals surface area (Å²) in [6.07, 6.45) is 3.68. The van der Waals surface area contributed by atoms with Gasteiger partial charge in [0.1, 0.15) is 0 Å². The number of ether oxygens (including phenoxy) is 1. The van der Waals surface area contributed by atoms with E-state index in [1.165, 1.54) is 5.56 Å². The number of aromatic nitrogens is 2. The molecular formula is C14H17N3O. The quantitative estimate of drug-likeness (QED) is 0.792.